The second-order valence-corrected chi connectivity index (χ2v) is 6.56. The summed E-state index contributed by atoms with van der Waals surface area (Å²) < 4.78 is 19.0. The van der Waals surface area contributed by atoms with Crippen molar-refractivity contribution in [3.05, 3.63) is 65.6 Å². The van der Waals surface area contributed by atoms with Gasteiger partial charge in [0.05, 0.1) is 17.7 Å². The van der Waals surface area contributed by atoms with Crippen LogP contribution in [0.4, 0.5) is 15.8 Å². The third kappa shape index (κ3) is 4.39. The molecule has 0 aliphatic rings. The average Bonchev–Trinajstić information content (AvgIpc) is 3.13. The summed E-state index contributed by atoms with van der Waals surface area (Å²) in [5.74, 6) is -0.286. The summed E-state index contributed by atoms with van der Waals surface area (Å²) in [5.41, 5.74) is 3.66. The van der Waals surface area contributed by atoms with Crippen molar-refractivity contribution in [3.63, 3.8) is 0 Å². The van der Waals surface area contributed by atoms with Crippen LogP contribution in [-0.2, 0) is 11.2 Å². The number of hydrogen-bond acceptors (Lipinski definition) is 4. The maximum Gasteiger partial charge on any atom is 0.230 e. The predicted octanol–water partition coefficient (Wildman–Crippen LogP) is 4.82. The van der Waals surface area contributed by atoms with Crippen LogP contribution >= 0.6 is 0 Å². The van der Waals surface area contributed by atoms with Gasteiger partial charge in [0.2, 0.25) is 5.91 Å². The molecular formula is C22H24FN3O2. The second kappa shape index (κ2) is 8.69. The molecule has 0 atom stereocenters. The third-order valence-electron chi connectivity index (χ3n) is 4.65. The highest BCUT2D eigenvalue weighted by atomic mass is 19.1. The number of nitrogens with zero attached hydrogens (tertiary/aromatic N) is 2. The molecule has 1 N–H and O–H groups in total. The van der Waals surface area contributed by atoms with Crippen LogP contribution in [0.2, 0.25) is 0 Å². The minimum absolute atomic E-state index is 0.0508. The highest BCUT2D eigenvalue weighted by Gasteiger charge is 2.14. The maximum atomic E-state index is 13.8. The van der Waals surface area contributed by atoms with Crippen molar-refractivity contribution in [2.75, 3.05) is 23.3 Å². The summed E-state index contributed by atoms with van der Waals surface area (Å²) >= 11 is 0. The predicted molar refractivity (Wildman–Crippen MR) is 109 cm³/mol. The lowest BCUT2D eigenvalue weighted by molar-refractivity contribution is -0.115. The normalized spacial score (nSPS) is 10.7. The minimum atomic E-state index is -0.390. The lowest BCUT2D eigenvalue weighted by atomic mass is 10.1. The summed E-state index contributed by atoms with van der Waals surface area (Å²) in [6.45, 7) is 8.05. The highest BCUT2D eigenvalue weighted by Crippen LogP contribution is 2.25. The van der Waals surface area contributed by atoms with Gasteiger partial charge in [0, 0.05) is 30.5 Å². The standard InChI is InChI=1S/C22H24FN3O2/c1-4-26(5-2)17-10-11-20(15(3)12-17)24-22(27)14-16-13-21(28-25-16)18-8-6-7-9-19(18)23/h6-13H,4-5,14H2,1-3H3,(H,24,27). The fraction of sp³-hybridized carbons (Fsp3) is 0.273. The van der Waals surface area contributed by atoms with Crippen LogP contribution in [-0.4, -0.2) is 24.2 Å². The monoisotopic (exact) mass is 381 g/mol. The van der Waals surface area contributed by atoms with Gasteiger partial charge in [-0.2, -0.15) is 0 Å². The van der Waals surface area contributed by atoms with Crippen LogP contribution in [0.5, 0.6) is 0 Å². The zero-order valence-corrected chi connectivity index (χ0v) is 16.3. The summed E-state index contributed by atoms with van der Waals surface area (Å²) in [7, 11) is 0. The fourth-order valence-corrected chi connectivity index (χ4v) is 3.12. The Balaban J connectivity index is 1.67. The number of aryl methyl sites for hydroxylation is 1. The van der Waals surface area contributed by atoms with Crippen LogP contribution in [0.1, 0.15) is 25.1 Å². The van der Waals surface area contributed by atoms with Crippen LogP contribution in [0.3, 0.4) is 0 Å². The van der Waals surface area contributed by atoms with E-state index in [2.05, 4.69) is 35.3 Å². The number of carbonyl (C=O) groups excluding carboxylic acids is 1. The molecule has 3 rings (SSSR count). The van der Waals surface area contributed by atoms with E-state index in [0.29, 0.717) is 17.0 Å². The van der Waals surface area contributed by atoms with E-state index < -0.39 is 5.82 Å². The number of aromatic nitrogens is 1. The zero-order valence-electron chi connectivity index (χ0n) is 16.3. The molecule has 0 fully saturated rings. The highest BCUT2D eigenvalue weighted by molar-refractivity contribution is 5.93. The lowest BCUT2D eigenvalue weighted by Gasteiger charge is -2.22. The molecule has 1 heterocycles. The fourth-order valence-electron chi connectivity index (χ4n) is 3.12. The van der Waals surface area contributed by atoms with Crippen molar-refractivity contribution in [1.29, 1.82) is 0 Å². The Morgan fingerprint density at radius 2 is 1.89 bits per heavy atom. The number of anilines is 2. The molecule has 146 valence electrons. The van der Waals surface area contributed by atoms with Gasteiger partial charge in [-0.3, -0.25) is 4.79 Å². The van der Waals surface area contributed by atoms with Gasteiger partial charge in [-0.25, -0.2) is 4.39 Å². The molecule has 0 saturated heterocycles. The molecule has 0 spiro atoms. The van der Waals surface area contributed by atoms with Crippen LogP contribution in [0, 0.1) is 12.7 Å². The molecule has 0 aliphatic heterocycles. The van der Waals surface area contributed by atoms with Crippen molar-refractivity contribution >= 4 is 17.3 Å². The van der Waals surface area contributed by atoms with Gasteiger partial charge >= 0.3 is 0 Å². The quantitative estimate of drug-likeness (QED) is 0.638. The van der Waals surface area contributed by atoms with Crippen LogP contribution in [0.15, 0.2) is 53.1 Å². The number of hydrogen-bond donors (Lipinski definition) is 1. The third-order valence-corrected chi connectivity index (χ3v) is 4.65. The smallest absolute Gasteiger partial charge is 0.230 e. The van der Waals surface area contributed by atoms with Gasteiger partial charge in [0.1, 0.15) is 5.82 Å². The molecule has 3 aromatic rings. The van der Waals surface area contributed by atoms with Crippen LogP contribution in [0.25, 0.3) is 11.3 Å². The number of benzene rings is 2. The van der Waals surface area contributed by atoms with E-state index in [4.69, 9.17) is 4.52 Å². The molecule has 28 heavy (non-hydrogen) atoms. The van der Waals surface area contributed by atoms with Crippen molar-refractivity contribution < 1.29 is 13.7 Å². The molecule has 1 amide bonds. The van der Waals surface area contributed by atoms with Crippen molar-refractivity contribution in [1.82, 2.24) is 5.16 Å². The Kier molecular flexibility index (Phi) is 6.09. The van der Waals surface area contributed by atoms with Gasteiger partial charge in [0.15, 0.2) is 5.76 Å². The molecule has 6 heteroatoms. The summed E-state index contributed by atoms with van der Waals surface area (Å²) in [6, 6.07) is 13.9. The summed E-state index contributed by atoms with van der Waals surface area (Å²) in [5, 5.41) is 6.80. The number of rotatable bonds is 7. The molecular weight excluding hydrogens is 357 g/mol. The van der Waals surface area contributed by atoms with E-state index in [1.165, 1.54) is 6.07 Å². The van der Waals surface area contributed by atoms with E-state index in [0.717, 1.165) is 30.0 Å². The topological polar surface area (TPSA) is 58.4 Å². The van der Waals surface area contributed by atoms with E-state index in [1.54, 1.807) is 24.3 Å². The first kappa shape index (κ1) is 19.6. The molecule has 0 aliphatic carbocycles. The molecule has 0 saturated carbocycles. The first-order chi connectivity index (χ1) is 13.5. The number of halogens is 1. The van der Waals surface area contributed by atoms with Gasteiger partial charge < -0.3 is 14.7 Å². The van der Waals surface area contributed by atoms with Gasteiger partial charge in [-0.1, -0.05) is 17.3 Å². The summed E-state index contributed by atoms with van der Waals surface area (Å²) in [6.07, 6.45) is 0.0508. The number of carbonyl (C=O) groups is 1. The van der Waals surface area contributed by atoms with Crippen molar-refractivity contribution in [3.8, 4) is 11.3 Å². The molecule has 0 unspecified atom stereocenters. The number of amides is 1. The summed E-state index contributed by atoms with van der Waals surface area (Å²) in [4.78, 5) is 14.6. The average molecular weight is 381 g/mol. The Bertz CT molecular complexity index is 964. The van der Waals surface area contributed by atoms with Gasteiger partial charge in [-0.15, -0.1) is 0 Å². The Morgan fingerprint density at radius 3 is 2.57 bits per heavy atom. The van der Waals surface area contributed by atoms with Crippen LogP contribution < -0.4 is 10.2 Å². The lowest BCUT2D eigenvalue weighted by Crippen LogP contribution is -2.22. The first-order valence-corrected chi connectivity index (χ1v) is 9.37. The van der Waals surface area contributed by atoms with Gasteiger partial charge in [0.25, 0.3) is 0 Å². The van der Waals surface area contributed by atoms with Gasteiger partial charge in [-0.05, 0) is 56.7 Å². The molecule has 0 bridgehead atoms. The number of nitrogens with one attached hydrogen (secondary N) is 1. The van der Waals surface area contributed by atoms with E-state index in [9.17, 15) is 9.18 Å². The molecule has 0 radical (unpaired) electrons. The maximum absolute atomic E-state index is 13.8. The zero-order chi connectivity index (χ0) is 20.1. The van der Waals surface area contributed by atoms with E-state index in [-0.39, 0.29) is 12.3 Å². The Morgan fingerprint density at radius 1 is 1.14 bits per heavy atom. The second-order valence-electron chi connectivity index (χ2n) is 6.56. The van der Waals surface area contributed by atoms with Crippen molar-refractivity contribution in [2.24, 2.45) is 0 Å². The molecule has 2 aromatic carbocycles. The molecule has 1 aromatic heterocycles. The minimum Gasteiger partial charge on any atom is -0.372 e. The largest absolute Gasteiger partial charge is 0.372 e. The Hall–Kier alpha value is -3.15. The van der Waals surface area contributed by atoms with E-state index >= 15 is 0 Å². The molecule has 5 nitrogen and oxygen atoms in total. The SMILES string of the molecule is CCN(CC)c1ccc(NC(=O)Cc2cc(-c3ccccc3F)on2)c(C)c1. The van der Waals surface area contributed by atoms with E-state index in [1.807, 2.05) is 19.1 Å². The van der Waals surface area contributed by atoms with Crippen molar-refractivity contribution in [2.45, 2.75) is 27.2 Å². The first-order valence-electron chi connectivity index (χ1n) is 9.37. The Labute approximate surface area is 164 Å².